The first kappa shape index (κ1) is 12.6. The molecule has 0 amide bonds. The zero-order chi connectivity index (χ0) is 13.2. The first-order valence-electron chi connectivity index (χ1n) is 6.37. The fraction of sp³-hybridized carbons (Fsp3) is 0.357. The second-order valence-electron chi connectivity index (χ2n) is 4.43. The van der Waals surface area contributed by atoms with E-state index in [9.17, 15) is 5.11 Å². The first-order chi connectivity index (χ1) is 9.29. The van der Waals surface area contributed by atoms with E-state index in [2.05, 4.69) is 4.98 Å². The minimum absolute atomic E-state index is 0.257. The van der Waals surface area contributed by atoms with Crippen LogP contribution in [0.4, 0.5) is 0 Å². The van der Waals surface area contributed by atoms with E-state index in [1.165, 1.54) is 0 Å². The third-order valence-corrected chi connectivity index (χ3v) is 4.38. The van der Waals surface area contributed by atoms with Gasteiger partial charge in [0.25, 0.3) is 0 Å². The molecule has 3 rings (SSSR count). The van der Waals surface area contributed by atoms with Crippen LogP contribution in [0.1, 0.15) is 18.9 Å². The molecule has 1 aliphatic heterocycles. The van der Waals surface area contributed by atoms with E-state index in [0.29, 0.717) is 5.82 Å². The molecule has 0 spiro atoms. The largest absolute Gasteiger partial charge is 0.485 e. The third-order valence-electron chi connectivity index (χ3n) is 3.24. The molecule has 4 nitrogen and oxygen atoms in total. The number of imidazole rings is 1. The van der Waals surface area contributed by atoms with Crippen molar-refractivity contribution in [2.24, 2.45) is 0 Å². The van der Waals surface area contributed by atoms with Gasteiger partial charge in [-0.1, -0.05) is 12.1 Å². The topological polar surface area (TPSA) is 47.3 Å². The molecule has 0 radical (unpaired) electrons. The van der Waals surface area contributed by atoms with E-state index < -0.39 is 6.10 Å². The van der Waals surface area contributed by atoms with Crippen molar-refractivity contribution in [3.63, 3.8) is 0 Å². The van der Waals surface area contributed by atoms with Gasteiger partial charge in [0, 0.05) is 29.6 Å². The number of aromatic nitrogens is 2. The monoisotopic (exact) mass is 276 g/mol. The van der Waals surface area contributed by atoms with Gasteiger partial charge >= 0.3 is 0 Å². The van der Waals surface area contributed by atoms with Crippen LogP contribution in [0.5, 0.6) is 5.75 Å². The van der Waals surface area contributed by atoms with E-state index in [4.69, 9.17) is 4.74 Å². The van der Waals surface area contributed by atoms with Crippen molar-refractivity contribution in [1.29, 1.82) is 0 Å². The molecule has 1 N–H and O–H groups in total. The van der Waals surface area contributed by atoms with Crippen LogP contribution in [0.25, 0.3) is 0 Å². The van der Waals surface area contributed by atoms with Crippen LogP contribution in [0.15, 0.2) is 41.6 Å². The molecule has 1 aromatic carbocycles. The van der Waals surface area contributed by atoms with Crippen molar-refractivity contribution in [3.05, 3.63) is 42.5 Å². The Morgan fingerprint density at radius 2 is 2.37 bits per heavy atom. The van der Waals surface area contributed by atoms with Crippen LogP contribution in [-0.4, -0.2) is 26.5 Å². The number of fused-ring (bicyclic) bond motifs is 1. The lowest BCUT2D eigenvalue weighted by Crippen LogP contribution is -2.32. The van der Waals surface area contributed by atoms with Gasteiger partial charge < -0.3 is 14.4 Å². The van der Waals surface area contributed by atoms with E-state index >= 15 is 0 Å². The maximum atomic E-state index is 10.5. The number of rotatable bonds is 3. The Bertz CT molecular complexity index is 570. The van der Waals surface area contributed by atoms with Crippen LogP contribution in [0.2, 0.25) is 0 Å². The Morgan fingerprint density at radius 3 is 3.21 bits per heavy atom. The summed E-state index contributed by atoms with van der Waals surface area (Å²) >= 11 is 1.71. The van der Waals surface area contributed by atoms with Gasteiger partial charge in [-0.15, -0.1) is 11.8 Å². The van der Waals surface area contributed by atoms with Gasteiger partial charge in [-0.2, -0.15) is 0 Å². The number of benzene rings is 1. The SMILES string of the molecule is CCn1ccnc1C(O)C1CSc2ccccc2O1. The third kappa shape index (κ3) is 2.35. The van der Waals surface area contributed by atoms with Gasteiger partial charge in [0.15, 0.2) is 0 Å². The Kier molecular flexibility index (Phi) is 3.48. The molecule has 0 saturated heterocycles. The number of hydrogen-bond acceptors (Lipinski definition) is 4. The molecule has 0 saturated carbocycles. The quantitative estimate of drug-likeness (QED) is 0.935. The van der Waals surface area contributed by atoms with Gasteiger partial charge in [0.2, 0.25) is 0 Å². The van der Waals surface area contributed by atoms with Crippen LogP contribution < -0.4 is 4.74 Å². The first-order valence-corrected chi connectivity index (χ1v) is 7.35. The van der Waals surface area contributed by atoms with Crippen molar-refractivity contribution in [1.82, 2.24) is 9.55 Å². The number of para-hydroxylation sites is 1. The van der Waals surface area contributed by atoms with Crippen LogP contribution in [0.3, 0.4) is 0 Å². The Balaban J connectivity index is 1.81. The summed E-state index contributed by atoms with van der Waals surface area (Å²) in [5.41, 5.74) is 0. The smallest absolute Gasteiger partial charge is 0.149 e. The maximum absolute atomic E-state index is 10.5. The second-order valence-corrected chi connectivity index (χ2v) is 5.49. The molecule has 2 aromatic rings. The normalized spacial score (nSPS) is 19.6. The second kappa shape index (κ2) is 5.27. The van der Waals surface area contributed by atoms with Crippen LogP contribution in [0, 0.1) is 0 Å². The minimum Gasteiger partial charge on any atom is -0.485 e. The zero-order valence-electron chi connectivity index (χ0n) is 10.7. The Morgan fingerprint density at radius 1 is 1.53 bits per heavy atom. The fourth-order valence-corrected chi connectivity index (χ4v) is 3.24. The average molecular weight is 276 g/mol. The van der Waals surface area contributed by atoms with Crippen molar-refractivity contribution in [3.8, 4) is 5.75 Å². The molecule has 0 aliphatic carbocycles. The maximum Gasteiger partial charge on any atom is 0.149 e. The lowest BCUT2D eigenvalue weighted by Gasteiger charge is -2.28. The molecule has 0 fully saturated rings. The summed E-state index contributed by atoms with van der Waals surface area (Å²) in [6.45, 7) is 2.83. The van der Waals surface area contributed by atoms with E-state index in [1.54, 1.807) is 18.0 Å². The molecule has 0 bridgehead atoms. The lowest BCUT2D eigenvalue weighted by atomic mass is 10.2. The number of aryl methyl sites for hydroxylation is 1. The van der Waals surface area contributed by atoms with Crippen molar-refractivity contribution < 1.29 is 9.84 Å². The van der Waals surface area contributed by atoms with E-state index in [0.717, 1.165) is 22.9 Å². The number of aliphatic hydroxyl groups is 1. The van der Waals surface area contributed by atoms with Crippen LogP contribution in [-0.2, 0) is 6.54 Å². The summed E-state index contributed by atoms with van der Waals surface area (Å²) in [6.07, 6.45) is 2.64. The van der Waals surface area contributed by atoms with Gasteiger partial charge in [0.05, 0.1) is 0 Å². The van der Waals surface area contributed by atoms with Gasteiger partial charge in [-0.05, 0) is 19.1 Å². The standard InChI is InChI=1S/C14H16N2O2S/c1-2-16-8-7-15-14(16)13(17)11-9-19-12-6-4-3-5-10(12)18-11/h3-8,11,13,17H,2,9H2,1H3. The highest BCUT2D eigenvalue weighted by atomic mass is 32.2. The van der Waals surface area contributed by atoms with Crippen molar-refractivity contribution in [2.75, 3.05) is 5.75 Å². The molecule has 1 aliphatic rings. The predicted octanol–water partition coefficient (Wildman–Crippen LogP) is 2.49. The molecule has 100 valence electrons. The molecular formula is C14H16N2O2S. The highest BCUT2D eigenvalue weighted by molar-refractivity contribution is 7.99. The Labute approximate surface area is 116 Å². The highest BCUT2D eigenvalue weighted by Crippen LogP contribution is 2.37. The summed E-state index contributed by atoms with van der Waals surface area (Å²) in [4.78, 5) is 5.37. The molecule has 2 atom stereocenters. The molecule has 2 heterocycles. The van der Waals surface area contributed by atoms with E-state index in [1.807, 2.05) is 42.0 Å². The fourth-order valence-electron chi connectivity index (χ4n) is 2.21. The molecule has 1 aromatic heterocycles. The van der Waals surface area contributed by atoms with Crippen molar-refractivity contribution in [2.45, 2.75) is 30.6 Å². The number of hydrogen-bond donors (Lipinski definition) is 1. The van der Waals surface area contributed by atoms with Crippen LogP contribution >= 0.6 is 11.8 Å². The number of aliphatic hydroxyl groups excluding tert-OH is 1. The highest BCUT2D eigenvalue weighted by Gasteiger charge is 2.30. The summed E-state index contributed by atoms with van der Waals surface area (Å²) in [5.74, 6) is 2.25. The van der Waals surface area contributed by atoms with Gasteiger partial charge in [0.1, 0.15) is 23.8 Å². The summed E-state index contributed by atoms with van der Waals surface area (Å²) in [5, 5.41) is 10.5. The lowest BCUT2D eigenvalue weighted by molar-refractivity contribution is 0.0375. The summed E-state index contributed by atoms with van der Waals surface area (Å²) < 4.78 is 7.84. The molecule has 5 heteroatoms. The number of ether oxygens (including phenoxy) is 1. The summed E-state index contributed by atoms with van der Waals surface area (Å²) in [7, 11) is 0. The van der Waals surface area contributed by atoms with Gasteiger partial charge in [-0.3, -0.25) is 0 Å². The molecule has 2 unspecified atom stereocenters. The van der Waals surface area contributed by atoms with E-state index in [-0.39, 0.29) is 6.10 Å². The molecular weight excluding hydrogens is 260 g/mol. The molecule has 19 heavy (non-hydrogen) atoms. The Hall–Kier alpha value is -1.46. The number of nitrogens with zero attached hydrogens (tertiary/aromatic N) is 2. The predicted molar refractivity (Wildman–Crippen MR) is 74.4 cm³/mol. The minimum atomic E-state index is -0.698. The average Bonchev–Trinajstić information content (AvgIpc) is 2.94. The van der Waals surface area contributed by atoms with Gasteiger partial charge in [-0.25, -0.2) is 4.98 Å². The summed E-state index contributed by atoms with van der Waals surface area (Å²) in [6, 6.07) is 7.92. The zero-order valence-corrected chi connectivity index (χ0v) is 11.5. The van der Waals surface area contributed by atoms with Crippen molar-refractivity contribution >= 4 is 11.8 Å². The number of thioether (sulfide) groups is 1.